The molecule has 2 aliphatic carbocycles. The van der Waals surface area contributed by atoms with Crippen LogP contribution in [0.25, 0.3) is 0 Å². The average molecular weight is 260 g/mol. The van der Waals surface area contributed by atoms with Crippen LogP contribution in [-0.2, 0) is 0 Å². The van der Waals surface area contributed by atoms with Crippen molar-refractivity contribution in [3.63, 3.8) is 0 Å². The second-order valence-electron chi connectivity index (χ2n) is 6.98. The SMILES string of the molecule is COc1cc([C@H]2C[C@H]3C[C@@H]2[C@@H](C)C3(C)C)ccc1O. The third-order valence-electron chi connectivity index (χ3n) is 6.11. The highest BCUT2D eigenvalue weighted by molar-refractivity contribution is 5.43. The van der Waals surface area contributed by atoms with Crippen LogP contribution in [0.15, 0.2) is 18.2 Å². The lowest BCUT2D eigenvalue weighted by molar-refractivity contribution is 0.122. The first kappa shape index (κ1) is 12.8. The summed E-state index contributed by atoms with van der Waals surface area (Å²) in [6.07, 6.45) is 2.65. The number of phenolic OH excluding ortho intramolecular Hbond substituents is 1. The Labute approximate surface area is 115 Å². The van der Waals surface area contributed by atoms with E-state index in [1.165, 1.54) is 18.4 Å². The van der Waals surface area contributed by atoms with E-state index < -0.39 is 0 Å². The average Bonchev–Trinajstić information content (AvgIpc) is 2.90. The van der Waals surface area contributed by atoms with Crippen molar-refractivity contribution in [2.24, 2.45) is 23.2 Å². The van der Waals surface area contributed by atoms with Crippen LogP contribution in [0.3, 0.4) is 0 Å². The van der Waals surface area contributed by atoms with E-state index in [0.717, 1.165) is 17.8 Å². The Morgan fingerprint density at radius 2 is 2.00 bits per heavy atom. The highest BCUT2D eigenvalue weighted by Crippen LogP contribution is 2.64. The first-order valence-corrected chi connectivity index (χ1v) is 7.32. The summed E-state index contributed by atoms with van der Waals surface area (Å²) in [4.78, 5) is 0. The largest absolute Gasteiger partial charge is 0.504 e. The summed E-state index contributed by atoms with van der Waals surface area (Å²) in [6.45, 7) is 7.26. The summed E-state index contributed by atoms with van der Waals surface area (Å²) in [5, 5.41) is 9.72. The van der Waals surface area contributed by atoms with Crippen LogP contribution in [0.2, 0.25) is 0 Å². The number of hydrogen-bond acceptors (Lipinski definition) is 2. The molecule has 0 amide bonds. The number of phenols is 1. The van der Waals surface area contributed by atoms with Crippen molar-refractivity contribution in [3.8, 4) is 11.5 Å². The number of ether oxygens (including phenoxy) is 1. The van der Waals surface area contributed by atoms with Gasteiger partial charge in [0, 0.05) is 0 Å². The normalized spacial score (nSPS) is 35.6. The minimum Gasteiger partial charge on any atom is -0.504 e. The summed E-state index contributed by atoms with van der Waals surface area (Å²) in [7, 11) is 1.62. The van der Waals surface area contributed by atoms with Gasteiger partial charge in [0.1, 0.15) is 0 Å². The molecule has 1 N–H and O–H groups in total. The lowest BCUT2D eigenvalue weighted by Gasteiger charge is -2.40. The van der Waals surface area contributed by atoms with Crippen LogP contribution in [0.5, 0.6) is 11.5 Å². The van der Waals surface area contributed by atoms with E-state index >= 15 is 0 Å². The number of benzene rings is 1. The van der Waals surface area contributed by atoms with Gasteiger partial charge in [0.05, 0.1) is 7.11 Å². The van der Waals surface area contributed by atoms with E-state index in [1.54, 1.807) is 13.2 Å². The third kappa shape index (κ3) is 1.76. The van der Waals surface area contributed by atoms with Crippen LogP contribution >= 0.6 is 0 Å². The molecule has 4 atom stereocenters. The molecular formula is C17H24O2. The Hall–Kier alpha value is -1.18. The van der Waals surface area contributed by atoms with Gasteiger partial charge < -0.3 is 9.84 Å². The molecule has 2 bridgehead atoms. The topological polar surface area (TPSA) is 29.5 Å². The Bertz CT molecular complexity index is 488. The van der Waals surface area contributed by atoms with Gasteiger partial charge in [-0.15, -0.1) is 0 Å². The summed E-state index contributed by atoms with van der Waals surface area (Å²) in [6, 6.07) is 5.87. The number of rotatable bonds is 2. The van der Waals surface area contributed by atoms with Crippen LogP contribution in [0.1, 0.15) is 45.1 Å². The van der Waals surface area contributed by atoms with Gasteiger partial charge in [0.25, 0.3) is 0 Å². The van der Waals surface area contributed by atoms with Crippen LogP contribution in [0, 0.1) is 23.2 Å². The van der Waals surface area contributed by atoms with Gasteiger partial charge in [0.15, 0.2) is 11.5 Å². The molecule has 0 heterocycles. The van der Waals surface area contributed by atoms with Crippen LogP contribution in [0.4, 0.5) is 0 Å². The number of fused-ring (bicyclic) bond motifs is 2. The molecular weight excluding hydrogens is 236 g/mol. The Balaban J connectivity index is 1.90. The lowest BCUT2D eigenvalue weighted by Crippen LogP contribution is -2.32. The lowest BCUT2D eigenvalue weighted by atomic mass is 9.65. The van der Waals surface area contributed by atoms with Gasteiger partial charge in [0.2, 0.25) is 0 Å². The molecule has 0 unspecified atom stereocenters. The van der Waals surface area contributed by atoms with E-state index in [1.807, 2.05) is 6.07 Å². The zero-order chi connectivity index (χ0) is 13.8. The second kappa shape index (κ2) is 4.16. The minimum absolute atomic E-state index is 0.239. The monoisotopic (exact) mass is 260 g/mol. The van der Waals surface area contributed by atoms with E-state index in [0.29, 0.717) is 17.1 Å². The van der Waals surface area contributed by atoms with Crippen molar-refractivity contribution >= 4 is 0 Å². The molecule has 2 fully saturated rings. The molecule has 1 aromatic carbocycles. The highest BCUT2D eigenvalue weighted by Gasteiger charge is 2.55. The van der Waals surface area contributed by atoms with Crippen molar-refractivity contribution in [2.75, 3.05) is 7.11 Å². The molecule has 2 nitrogen and oxygen atoms in total. The van der Waals surface area contributed by atoms with Gasteiger partial charge in [-0.3, -0.25) is 0 Å². The summed E-state index contributed by atoms with van der Waals surface area (Å²) >= 11 is 0. The summed E-state index contributed by atoms with van der Waals surface area (Å²) in [5.41, 5.74) is 1.83. The van der Waals surface area contributed by atoms with E-state index in [4.69, 9.17) is 4.74 Å². The molecule has 0 spiro atoms. The van der Waals surface area contributed by atoms with E-state index in [-0.39, 0.29) is 5.75 Å². The van der Waals surface area contributed by atoms with Crippen molar-refractivity contribution in [1.82, 2.24) is 0 Å². The smallest absolute Gasteiger partial charge is 0.160 e. The zero-order valence-corrected chi connectivity index (χ0v) is 12.3. The molecule has 0 aliphatic heterocycles. The van der Waals surface area contributed by atoms with Crippen molar-refractivity contribution < 1.29 is 9.84 Å². The van der Waals surface area contributed by atoms with Crippen LogP contribution < -0.4 is 4.74 Å². The highest BCUT2D eigenvalue weighted by atomic mass is 16.5. The van der Waals surface area contributed by atoms with Gasteiger partial charge in [-0.1, -0.05) is 26.8 Å². The Morgan fingerprint density at radius 3 is 2.58 bits per heavy atom. The maximum atomic E-state index is 9.72. The Morgan fingerprint density at radius 1 is 1.26 bits per heavy atom. The fourth-order valence-corrected chi connectivity index (χ4v) is 4.46. The van der Waals surface area contributed by atoms with Crippen LogP contribution in [-0.4, -0.2) is 12.2 Å². The van der Waals surface area contributed by atoms with Gasteiger partial charge in [-0.05, 0) is 59.6 Å². The van der Waals surface area contributed by atoms with Gasteiger partial charge in [-0.2, -0.15) is 0 Å². The molecule has 1 aromatic rings. The fraction of sp³-hybridized carbons (Fsp3) is 0.647. The van der Waals surface area contributed by atoms with Crippen molar-refractivity contribution in [2.45, 2.75) is 39.5 Å². The third-order valence-corrected chi connectivity index (χ3v) is 6.11. The van der Waals surface area contributed by atoms with Crippen molar-refractivity contribution in [1.29, 1.82) is 0 Å². The zero-order valence-electron chi connectivity index (χ0n) is 12.3. The predicted molar refractivity (Wildman–Crippen MR) is 76.6 cm³/mol. The van der Waals surface area contributed by atoms with Gasteiger partial charge >= 0.3 is 0 Å². The molecule has 0 radical (unpaired) electrons. The molecule has 0 saturated heterocycles. The van der Waals surface area contributed by atoms with Gasteiger partial charge in [-0.25, -0.2) is 0 Å². The quantitative estimate of drug-likeness (QED) is 0.864. The predicted octanol–water partition coefficient (Wildman–Crippen LogP) is 4.19. The maximum absolute atomic E-state index is 9.72. The number of methoxy groups -OCH3 is 1. The molecule has 2 aliphatic rings. The fourth-order valence-electron chi connectivity index (χ4n) is 4.46. The van der Waals surface area contributed by atoms with E-state index in [2.05, 4.69) is 26.8 Å². The van der Waals surface area contributed by atoms with E-state index in [9.17, 15) is 5.11 Å². The summed E-state index contributed by atoms with van der Waals surface area (Å²) < 4.78 is 5.24. The minimum atomic E-state index is 0.239. The molecule has 2 saturated carbocycles. The molecule has 2 heteroatoms. The summed E-state index contributed by atoms with van der Waals surface area (Å²) in [5.74, 6) is 3.89. The molecule has 0 aromatic heterocycles. The molecule has 3 rings (SSSR count). The first-order valence-electron chi connectivity index (χ1n) is 7.32. The molecule has 19 heavy (non-hydrogen) atoms. The number of hydrogen-bond donors (Lipinski definition) is 1. The maximum Gasteiger partial charge on any atom is 0.160 e. The Kier molecular flexibility index (Phi) is 2.81. The molecule has 104 valence electrons. The number of aromatic hydroxyl groups is 1. The standard InChI is InChI=1S/C17H24O2/c1-10-13-8-12(17(10,2)3)9-14(13)11-5-6-15(18)16(7-11)19-4/h5-7,10,12-14,18H,8-9H2,1-4H3/t10-,12-,13-,14-/m1/s1. The first-order chi connectivity index (χ1) is 8.95. The second-order valence-corrected chi connectivity index (χ2v) is 6.98. The van der Waals surface area contributed by atoms with Crippen molar-refractivity contribution in [3.05, 3.63) is 23.8 Å².